The number of benzene rings is 1. The average molecular weight is 574 g/mol. The highest BCUT2D eigenvalue weighted by molar-refractivity contribution is 7.89. The van der Waals surface area contributed by atoms with E-state index in [2.05, 4.69) is 29.9 Å². The van der Waals surface area contributed by atoms with Crippen LogP contribution in [0.25, 0.3) is 33.6 Å². The molecule has 2 N–H and O–H groups in total. The van der Waals surface area contributed by atoms with E-state index in [9.17, 15) is 21.6 Å². The van der Waals surface area contributed by atoms with Crippen LogP contribution in [0.3, 0.4) is 0 Å². The Morgan fingerprint density at radius 1 is 1.16 bits per heavy atom. The minimum atomic E-state index is -4.74. The van der Waals surface area contributed by atoms with E-state index in [1.807, 2.05) is 0 Å². The fourth-order valence-electron chi connectivity index (χ4n) is 3.56. The number of aliphatic imine (C=N–C) groups is 1. The van der Waals surface area contributed by atoms with Gasteiger partial charge in [-0.15, -0.1) is 21.5 Å². The van der Waals surface area contributed by atoms with Crippen molar-refractivity contribution in [1.82, 2.24) is 24.6 Å². The number of sulfonamides is 1. The SMILES string of the molecule is CN1C(N)=N[C@](C)(c2sc(-c3nnc(-c4ccc(-c5noc(C(F)(F)F)n5)cc4)o3)cc2Cl)CS1(=O)=O. The van der Waals surface area contributed by atoms with E-state index in [-0.39, 0.29) is 34.3 Å². The number of rotatable bonds is 4. The van der Waals surface area contributed by atoms with Crippen molar-refractivity contribution in [3.05, 3.63) is 46.1 Å². The fourth-order valence-corrected chi connectivity index (χ4v) is 6.65. The van der Waals surface area contributed by atoms with Crippen molar-refractivity contribution in [2.24, 2.45) is 10.7 Å². The van der Waals surface area contributed by atoms with E-state index in [4.69, 9.17) is 21.8 Å². The van der Waals surface area contributed by atoms with Crippen molar-refractivity contribution in [2.45, 2.75) is 18.6 Å². The first-order chi connectivity index (χ1) is 17.3. The topological polar surface area (TPSA) is 154 Å². The zero-order valence-corrected chi connectivity index (χ0v) is 21.2. The van der Waals surface area contributed by atoms with Gasteiger partial charge in [0.25, 0.3) is 5.89 Å². The minimum absolute atomic E-state index is 0.126. The van der Waals surface area contributed by atoms with Gasteiger partial charge in [-0.3, -0.25) is 0 Å². The van der Waals surface area contributed by atoms with Gasteiger partial charge in [-0.25, -0.2) is 17.7 Å². The number of aromatic nitrogens is 4. The largest absolute Gasteiger partial charge is 0.471 e. The van der Waals surface area contributed by atoms with Gasteiger partial charge in [-0.2, -0.15) is 18.2 Å². The molecule has 0 spiro atoms. The lowest BCUT2D eigenvalue weighted by atomic mass is 10.0. The lowest BCUT2D eigenvalue weighted by Gasteiger charge is -2.33. The third kappa shape index (κ3) is 4.55. The first-order valence-corrected chi connectivity index (χ1v) is 13.0. The second-order valence-corrected chi connectivity index (χ2v) is 11.6. The summed E-state index contributed by atoms with van der Waals surface area (Å²) in [5.41, 5.74) is 5.38. The summed E-state index contributed by atoms with van der Waals surface area (Å²) in [6, 6.07) is 7.62. The molecule has 0 saturated heterocycles. The summed E-state index contributed by atoms with van der Waals surface area (Å²) >= 11 is 7.58. The summed E-state index contributed by atoms with van der Waals surface area (Å²) < 4.78 is 74.0. The monoisotopic (exact) mass is 573 g/mol. The Bertz CT molecular complexity index is 1630. The van der Waals surface area contributed by atoms with Crippen LogP contribution in [0.5, 0.6) is 0 Å². The Labute approximate surface area is 215 Å². The molecular formula is C20H15ClF3N7O4S2. The molecule has 1 aliphatic rings. The normalized spacial score (nSPS) is 19.7. The van der Waals surface area contributed by atoms with Gasteiger partial charge in [0.05, 0.1) is 20.5 Å². The highest BCUT2D eigenvalue weighted by atomic mass is 35.5. The predicted molar refractivity (Wildman–Crippen MR) is 127 cm³/mol. The van der Waals surface area contributed by atoms with Crippen molar-refractivity contribution in [3.63, 3.8) is 0 Å². The second kappa shape index (κ2) is 8.53. The van der Waals surface area contributed by atoms with Gasteiger partial charge in [-0.1, -0.05) is 28.9 Å². The zero-order valence-electron chi connectivity index (χ0n) is 18.8. The molecule has 37 heavy (non-hydrogen) atoms. The summed E-state index contributed by atoms with van der Waals surface area (Å²) in [4.78, 5) is 8.64. The molecule has 5 rings (SSSR count). The predicted octanol–water partition coefficient (Wildman–Crippen LogP) is 3.99. The van der Waals surface area contributed by atoms with Crippen LogP contribution in [-0.4, -0.2) is 51.8 Å². The third-order valence-corrected chi connectivity index (χ3v) is 9.17. The van der Waals surface area contributed by atoms with Crippen LogP contribution in [0.4, 0.5) is 13.2 Å². The number of halogens is 4. The number of alkyl halides is 3. The van der Waals surface area contributed by atoms with Crippen molar-refractivity contribution >= 4 is 38.9 Å². The average Bonchev–Trinajstić information content (AvgIpc) is 3.56. The smallest absolute Gasteiger partial charge is 0.415 e. The van der Waals surface area contributed by atoms with Crippen LogP contribution in [-0.2, 0) is 21.7 Å². The van der Waals surface area contributed by atoms with Crippen LogP contribution < -0.4 is 5.73 Å². The number of hydrogen-bond acceptors (Lipinski definition) is 11. The van der Waals surface area contributed by atoms with E-state index >= 15 is 0 Å². The Balaban J connectivity index is 1.41. The van der Waals surface area contributed by atoms with Gasteiger partial charge in [-0.05, 0) is 25.1 Å². The summed E-state index contributed by atoms with van der Waals surface area (Å²) in [7, 11) is -2.37. The maximum absolute atomic E-state index is 12.7. The van der Waals surface area contributed by atoms with Gasteiger partial charge in [0.15, 0.2) is 0 Å². The molecule has 0 aliphatic carbocycles. The maximum Gasteiger partial charge on any atom is 0.471 e. The molecule has 0 saturated carbocycles. The lowest BCUT2D eigenvalue weighted by Crippen LogP contribution is -2.50. The Hall–Kier alpha value is -3.50. The number of guanidine groups is 1. The van der Waals surface area contributed by atoms with Crippen LogP contribution in [0, 0.1) is 0 Å². The zero-order chi connectivity index (χ0) is 26.8. The molecule has 1 aromatic carbocycles. The van der Waals surface area contributed by atoms with E-state index in [1.165, 1.54) is 19.2 Å². The molecule has 4 aromatic rings. The Morgan fingerprint density at radius 3 is 2.43 bits per heavy atom. The molecule has 1 atom stereocenters. The van der Waals surface area contributed by atoms with Crippen molar-refractivity contribution in [1.29, 1.82) is 0 Å². The highest BCUT2D eigenvalue weighted by Crippen LogP contribution is 2.44. The van der Waals surface area contributed by atoms with Crippen LogP contribution in [0.2, 0.25) is 5.02 Å². The molecule has 0 amide bonds. The van der Waals surface area contributed by atoms with Gasteiger partial charge in [0.2, 0.25) is 27.7 Å². The number of nitrogens with zero attached hydrogens (tertiary/aromatic N) is 6. The van der Waals surface area contributed by atoms with Crippen molar-refractivity contribution < 1.29 is 30.5 Å². The van der Waals surface area contributed by atoms with Crippen LogP contribution >= 0.6 is 22.9 Å². The Morgan fingerprint density at radius 2 is 1.81 bits per heavy atom. The molecule has 0 bridgehead atoms. The van der Waals surface area contributed by atoms with E-state index in [0.29, 0.717) is 20.9 Å². The summed E-state index contributed by atoms with van der Waals surface area (Å²) in [6.45, 7) is 1.62. The van der Waals surface area contributed by atoms with Gasteiger partial charge in [0.1, 0.15) is 5.54 Å². The molecule has 194 valence electrons. The number of hydrogen-bond donors (Lipinski definition) is 1. The highest BCUT2D eigenvalue weighted by Gasteiger charge is 2.43. The molecule has 4 heterocycles. The summed E-state index contributed by atoms with van der Waals surface area (Å²) in [6.07, 6.45) is -4.74. The minimum Gasteiger partial charge on any atom is -0.415 e. The van der Waals surface area contributed by atoms with Crippen molar-refractivity contribution in [3.8, 4) is 33.6 Å². The van der Waals surface area contributed by atoms with Crippen LogP contribution in [0.15, 0.2) is 44.3 Å². The number of thiophene rings is 1. The van der Waals surface area contributed by atoms with E-state index < -0.39 is 27.6 Å². The molecule has 11 nitrogen and oxygen atoms in total. The van der Waals surface area contributed by atoms with Gasteiger partial charge >= 0.3 is 12.1 Å². The summed E-state index contributed by atoms with van der Waals surface area (Å²) in [5, 5.41) is 11.7. The molecule has 17 heteroatoms. The molecular weight excluding hydrogens is 559 g/mol. The third-order valence-electron chi connectivity index (χ3n) is 5.43. The molecule has 1 aliphatic heterocycles. The maximum atomic E-state index is 12.7. The molecule has 3 aromatic heterocycles. The molecule has 0 radical (unpaired) electrons. The molecule has 0 fully saturated rings. The van der Waals surface area contributed by atoms with Gasteiger partial charge in [0, 0.05) is 18.2 Å². The standard InChI is InChI=1S/C20H15ClF3N7O4S2/c1-19(8-37(32,33)31(2)18(25)27-19)13-11(21)7-12(36-13)16-29-28-15(34-16)10-5-3-9(4-6-10)14-26-17(35-30-14)20(22,23)24/h3-7H,8H2,1-2H3,(H2,25,27)/t19-/m0/s1. The fraction of sp³-hybridized carbons (Fsp3) is 0.250. The summed E-state index contributed by atoms with van der Waals surface area (Å²) in [5.74, 6) is -1.89. The van der Waals surface area contributed by atoms with Crippen LogP contribution in [0.1, 0.15) is 17.7 Å². The molecule has 0 unspecified atom stereocenters. The Kier molecular flexibility index (Phi) is 5.80. The van der Waals surface area contributed by atoms with Crippen molar-refractivity contribution in [2.75, 3.05) is 12.8 Å². The van der Waals surface area contributed by atoms with E-state index in [0.717, 1.165) is 15.6 Å². The van der Waals surface area contributed by atoms with Gasteiger partial charge < -0.3 is 14.7 Å². The lowest BCUT2D eigenvalue weighted by molar-refractivity contribution is -0.159. The first-order valence-electron chi connectivity index (χ1n) is 10.2. The second-order valence-electron chi connectivity index (χ2n) is 8.17. The quantitative estimate of drug-likeness (QED) is 0.381. The first kappa shape index (κ1) is 25.2. The number of nitrogens with two attached hydrogens (primary N) is 1. The van der Waals surface area contributed by atoms with E-state index in [1.54, 1.807) is 25.1 Å².